The Labute approximate surface area is 125 Å². The first-order valence-corrected chi connectivity index (χ1v) is 7.14. The van der Waals surface area contributed by atoms with Gasteiger partial charge in [0.05, 0.1) is 10.6 Å². The molecule has 0 aliphatic heterocycles. The van der Waals surface area contributed by atoms with E-state index in [4.69, 9.17) is 16.1 Å². The summed E-state index contributed by atoms with van der Waals surface area (Å²) in [6, 6.07) is 4.17. The molecule has 110 valence electrons. The van der Waals surface area contributed by atoms with Gasteiger partial charge in [-0.05, 0) is 25.0 Å². The van der Waals surface area contributed by atoms with E-state index in [1.807, 2.05) is 0 Å². The summed E-state index contributed by atoms with van der Waals surface area (Å²) >= 11 is 6.00. The van der Waals surface area contributed by atoms with E-state index in [0.717, 1.165) is 25.7 Å². The van der Waals surface area contributed by atoms with Crippen molar-refractivity contribution < 1.29 is 18.8 Å². The summed E-state index contributed by atoms with van der Waals surface area (Å²) in [7, 11) is 0. The van der Waals surface area contributed by atoms with E-state index in [9.17, 15) is 14.3 Å². The maximum Gasteiger partial charge on any atom is 0.341 e. The first-order chi connectivity index (χ1) is 10.1. The fraction of sp³-hybridized carbons (Fsp3) is 0.333. The first kappa shape index (κ1) is 14.1. The molecule has 1 fully saturated rings. The molecule has 1 aliphatic rings. The monoisotopic (exact) mass is 309 g/mol. The zero-order valence-electron chi connectivity index (χ0n) is 11.1. The van der Waals surface area contributed by atoms with Gasteiger partial charge in [-0.25, -0.2) is 9.18 Å². The molecule has 1 N–H and O–H groups in total. The molecule has 1 aliphatic carbocycles. The lowest BCUT2D eigenvalue weighted by Crippen LogP contribution is -2.04. The first-order valence-electron chi connectivity index (χ1n) is 6.77. The number of benzene rings is 1. The summed E-state index contributed by atoms with van der Waals surface area (Å²) in [5.74, 6) is -1.43. The van der Waals surface area contributed by atoms with Gasteiger partial charge in [0.15, 0.2) is 5.76 Å². The maximum absolute atomic E-state index is 14.0. The van der Waals surface area contributed by atoms with Crippen LogP contribution in [0.2, 0.25) is 5.02 Å². The Bertz CT molecular complexity index is 672. The van der Waals surface area contributed by atoms with Gasteiger partial charge in [-0.1, -0.05) is 35.7 Å². The van der Waals surface area contributed by atoms with Crippen LogP contribution in [0.15, 0.2) is 22.7 Å². The molecule has 0 atom stereocenters. The average molecular weight is 310 g/mol. The van der Waals surface area contributed by atoms with Crippen molar-refractivity contribution in [3.8, 4) is 11.3 Å². The van der Waals surface area contributed by atoms with Crippen LogP contribution in [0.1, 0.15) is 47.7 Å². The summed E-state index contributed by atoms with van der Waals surface area (Å²) in [4.78, 5) is 11.6. The van der Waals surface area contributed by atoms with Crippen LogP contribution in [0.3, 0.4) is 0 Å². The van der Waals surface area contributed by atoms with E-state index in [2.05, 4.69) is 5.16 Å². The minimum absolute atomic E-state index is 0.0236. The molecule has 0 saturated heterocycles. The average Bonchev–Trinajstić information content (AvgIpc) is 3.06. The lowest BCUT2D eigenvalue weighted by molar-refractivity contribution is 0.0694. The molecular weight excluding hydrogens is 297 g/mol. The molecular formula is C15H13ClFNO3. The van der Waals surface area contributed by atoms with Gasteiger partial charge in [-0.15, -0.1) is 0 Å². The third-order valence-corrected chi connectivity index (χ3v) is 4.17. The van der Waals surface area contributed by atoms with Crippen molar-refractivity contribution in [2.45, 2.75) is 31.6 Å². The second-order valence-corrected chi connectivity index (χ2v) is 5.56. The Balaban J connectivity index is 2.17. The number of rotatable bonds is 3. The van der Waals surface area contributed by atoms with Crippen molar-refractivity contribution in [1.82, 2.24) is 5.16 Å². The van der Waals surface area contributed by atoms with Crippen molar-refractivity contribution in [3.05, 3.63) is 40.4 Å². The fourth-order valence-electron chi connectivity index (χ4n) is 2.87. The maximum atomic E-state index is 14.0. The highest BCUT2D eigenvalue weighted by molar-refractivity contribution is 6.33. The molecule has 4 nitrogen and oxygen atoms in total. The third kappa shape index (κ3) is 2.42. The molecule has 2 aromatic rings. The standard InChI is InChI=1S/C15H13ClFNO3/c16-9-6-3-7-10(17)11(9)13-12(15(19)20)14(21-18-13)8-4-1-2-5-8/h3,6-8H,1-2,4-5H2,(H,19,20). The van der Waals surface area contributed by atoms with Gasteiger partial charge in [0, 0.05) is 5.92 Å². The van der Waals surface area contributed by atoms with Crippen molar-refractivity contribution in [3.63, 3.8) is 0 Å². The van der Waals surface area contributed by atoms with E-state index in [1.54, 1.807) is 0 Å². The molecule has 0 spiro atoms. The highest BCUT2D eigenvalue weighted by Crippen LogP contribution is 2.40. The summed E-state index contributed by atoms with van der Waals surface area (Å²) in [6.45, 7) is 0. The Kier molecular flexibility index (Phi) is 3.68. The number of carboxylic acids is 1. The van der Waals surface area contributed by atoms with Crippen molar-refractivity contribution in [1.29, 1.82) is 0 Å². The number of nitrogens with zero attached hydrogens (tertiary/aromatic N) is 1. The quantitative estimate of drug-likeness (QED) is 0.907. The lowest BCUT2D eigenvalue weighted by atomic mass is 9.97. The molecule has 0 radical (unpaired) electrons. The Hall–Kier alpha value is -1.88. The van der Waals surface area contributed by atoms with Gasteiger partial charge in [0.25, 0.3) is 0 Å². The van der Waals surface area contributed by atoms with Crippen LogP contribution in [0, 0.1) is 5.82 Å². The summed E-state index contributed by atoms with van der Waals surface area (Å²) in [6.07, 6.45) is 3.78. The molecule has 1 saturated carbocycles. The molecule has 1 aromatic heterocycles. The molecule has 6 heteroatoms. The van der Waals surface area contributed by atoms with Crippen LogP contribution in [-0.4, -0.2) is 16.2 Å². The number of carbonyl (C=O) groups is 1. The zero-order chi connectivity index (χ0) is 15.0. The molecule has 0 bridgehead atoms. The minimum Gasteiger partial charge on any atom is -0.477 e. The van der Waals surface area contributed by atoms with Gasteiger partial charge in [-0.2, -0.15) is 0 Å². The van der Waals surface area contributed by atoms with E-state index in [0.29, 0.717) is 5.76 Å². The second-order valence-electron chi connectivity index (χ2n) is 5.15. The van der Waals surface area contributed by atoms with Gasteiger partial charge >= 0.3 is 5.97 Å². The molecule has 1 aromatic carbocycles. The highest BCUT2D eigenvalue weighted by atomic mass is 35.5. The SMILES string of the molecule is O=C(O)c1c(-c2c(F)cccc2Cl)noc1C1CCCC1. The Morgan fingerprint density at radius 2 is 2.10 bits per heavy atom. The molecule has 0 amide bonds. The normalized spacial score (nSPS) is 15.5. The molecule has 1 heterocycles. The number of hydrogen-bond donors (Lipinski definition) is 1. The lowest BCUT2D eigenvalue weighted by Gasteiger charge is -2.06. The highest BCUT2D eigenvalue weighted by Gasteiger charge is 2.32. The predicted octanol–water partition coefficient (Wildman–Crippen LogP) is 4.49. The fourth-order valence-corrected chi connectivity index (χ4v) is 3.12. The third-order valence-electron chi connectivity index (χ3n) is 3.86. The Morgan fingerprint density at radius 3 is 2.71 bits per heavy atom. The largest absolute Gasteiger partial charge is 0.477 e. The summed E-state index contributed by atoms with van der Waals surface area (Å²) in [5, 5.41) is 13.4. The smallest absolute Gasteiger partial charge is 0.341 e. The molecule has 0 unspecified atom stereocenters. The van der Waals surface area contributed by atoms with E-state index in [1.165, 1.54) is 18.2 Å². The number of hydrogen-bond acceptors (Lipinski definition) is 3. The van der Waals surface area contributed by atoms with Crippen LogP contribution >= 0.6 is 11.6 Å². The minimum atomic E-state index is -1.17. The summed E-state index contributed by atoms with van der Waals surface area (Å²) < 4.78 is 19.3. The van der Waals surface area contributed by atoms with Gasteiger partial charge in [0.1, 0.15) is 17.1 Å². The van der Waals surface area contributed by atoms with Gasteiger partial charge in [0.2, 0.25) is 0 Å². The van der Waals surface area contributed by atoms with E-state index in [-0.39, 0.29) is 27.8 Å². The zero-order valence-corrected chi connectivity index (χ0v) is 11.9. The summed E-state index contributed by atoms with van der Waals surface area (Å²) in [5.41, 5.74) is -0.133. The second kappa shape index (κ2) is 5.48. The topological polar surface area (TPSA) is 63.3 Å². The van der Waals surface area contributed by atoms with Crippen LogP contribution in [0.4, 0.5) is 4.39 Å². The van der Waals surface area contributed by atoms with Crippen LogP contribution < -0.4 is 0 Å². The van der Waals surface area contributed by atoms with Crippen LogP contribution in [-0.2, 0) is 0 Å². The predicted molar refractivity (Wildman–Crippen MR) is 75.1 cm³/mol. The van der Waals surface area contributed by atoms with Gasteiger partial charge in [-0.3, -0.25) is 0 Å². The number of carboxylic acid groups (broad SMARTS) is 1. The molecule has 3 rings (SSSR count). The van der Waals surface area contributed by atoms with E-state index >= 15 is 0 Å². The number of aromatic carboxylic acids is 1. The van der Waals surface area contributed by atoms with E-state index < -0.39 is 11.8 Å². The number of halogens is 2. The molecule has 21 heavy (non-hydrogen) atoms. The van der Waals surface area contributed by atoms with Crippen molar-refractivity contribution >= 4 is 17.6 Å². The Morgan fingerprint density at radius 1 is 1.38 bits per heavy atom. The van der Waals surface area contributed by atoms with Crippen LogP contribution in [0.5, 0.6) is 0 Å². The number of aromatic nitrogens is 1. The van der Waals surface area contributed by atoms with Crippen molar-refractivity contribution in [2.24, 2.45) is 0 Å². The van der Waals surface area contributed by atoms with Gasteiger partial charge < -0.3 is 9.63 Å². The van der Waals surface area contributed by atoms with Crippen LogP contribution in [0.25, 0.3) is 11.3 Å². The van der Waals surface area contributed by atoms with Crippen molar-refractivity contribution in [2.75, 3.05) is 0 Å².